The molecule has 0 aliphatic heterocycles. The summed E-state index contributed by atoms with van der Waals surface area (Å²) in [6.07, 6.45) is 0. The van der Waals surface area contributed by atoms with Gasteiger partial charge in [0.15, 0.2) is 5.11 Å². The molecule has 4 rings (SSSR count). The van der Waals surface area contributed by atoms with E-state index >= 15 is 0 Å². The van der Waals surface area contributed by atoms with Gasteiger partial charge in [0.1, 0.15) is 5.58 Å². The fourth-order valence-electron chi connectivity index (χ4n) is 3.28. The largest absolute Gasteiger partial charge is 0.422 e. The molecule has 0 aliphatic carbocycles. The van der Waals surface area contributed by atoms with E-state index in [0.29, 0.717) is 22.4 Å². The van der Waals surface area contributed by atoms with Crippen LogP contribution in [-0.4, -0.2) is 15.9 Å². The first-order chi connectivity index (χ1) is 15.8. The van der Waals surface area contributed by atoms with E-state index < -0.39 is 16.5 Å². The van der Waals surface area contributed by atoms with Gasteiger partial charge < -0.3 is 9.73 Å². The highest BCUT2D eigenvalue weighted by atomic mass is 32.1. The Hall–Kier alpha value is -4.37. The first-order valence-corrected chi connectivity index (χ1v) is 10.2. The smallest absolute Gasteiger partial charge is 0.344 e. The Labute approximate surface area is 193 Å². The fourth-order valence-corrected chi connectivity index (χ4v) is 3.48. The summed E-state index contributed by atoms with van der Waals surface area (Å²) in [4.78, 5) is 35.3. The minimum atomic E-state index is -0.583. The number of rotatable bonds is 4. The molecule has 0 atom stereocenters. The molecule has 4 aromatic rings. The highest BCUT2D eigenvalue weighted by Crippen LogP contribution is 2.26. The molecule has 0 spiro atoms. The summed E-state index contributed by atoms with van der Waals surface area (Å²) in [7, 11) is 0. The highest BCUT2D eigenvalue weighted by Gasteiger charge is 2.14. The van der Waals surface area contributed by atoms with E-state index in [4.69, 9.17) is 16.6 Å². The molecular weight excluding hydrogens is 442 g/mol. The Morgan fingerprint density at radius 2 is 1.82 bits per heavy atom. The van der Waals surface area contributed by atoms with Crippen molar-refractivity contribution in [1.82, 2.24) is 5.32 Å². The molecule has 9 heteroatoms. The van der Waals surface area contributed by atoms with Crippen molar-refractivity contribution in [2.45, 2.75) is 6.92 Å². The average molecular weight is 459 g/mol. The van der Waals surface area contributed by atoms with Crippen molar-refractivity contribution in [2.24, 2.45) is 0 Å². The third-order valence-corrected chi connectivity index (χ3v) is 5.19. The number of nitro benzene ring substituents is 1. The van der Waals surface area contributed by atoms with Crippen molar-refractivity contribution in [3.05, 3.63) is 104 Å². The van der Waals surface area contributed by atoms with E-state index in [1.807, 2.05) is 25.1 Å². The number of amides is 1. The Morgan fingerprint density at radius 1 is 1.03 bits per heavy atom. The summed E-state index contributed by atoms with van der Waals surface area (Å²) in [5.41, 5.74) is 2.37. The molecule has 0 saturated heterocycles. The average Bonchev–Trinajstić information content (AvgIpc) is 2.80. The molecule has 0 bridgehead atoms. The summed E-state index contributed by atoms with van der Waals surface area (Å²) in [5, 5.41) is 17.2. The molecule has 3 aromatic carbocycles. The number of carbonyl (C=O) groups excluding carboxylic acids is 1. The predicted molar refractivity (Wildman–Crippen MR) is 129 cm³/mol. The van der Waals surface area contributed by atoms with Gasteiger partial charge in [0, 0.05) is 28.8 Å². The zero-order chi connectivity index (χ0) is 23.5. The molecule has 0 unspecified atom stereocenters. The zero-order valence-electron chi connectivity index (χ0n) is 17.3. The van der Waals surface area contributed by atoms with Crippen LogP contribution in [0.4, 0.5) is 11.4 Å². The minimum Gasteiger partial charge on any atom is -0.422 e. The van der Waals surface area contributed by atoms with E-state index in [-0.39, 0.29) is 16.4 Å². The summed E-state index contributed by atoms with van der Waals surface area (Å²) in [5.74, 6) is -0.583. The van der Waals surface area contributed by atoms with Gasteiger partial charge in [-0.25, -0.2) is 4.79 Å². The topological polar surface area (TPSA) is 114 Å². The van der Waals surface area contributed by atoms with Crippen molar-refractivity contribution in [2.75, 3.05) is 5.32 Å². The molecule has 1 heterocycles. The maximum Gasteiger partial charge on any atom is 0.344 e. The number of para-hydroxylation sites is 1. The number of non-ortho nitro benzene ring substituents is 1. The van der Waals surface area contributed by atoms with E-state index in [9.17, 15) is 19.7 Å². The van der Waals surface area contributed by atoms with E-state index in [1.165, 1.54) is 24.3 Å². The molecule has 8 nitrogen and oxygen atoms in total. The SMILES string of the molecule is Cc1ccc(-c2cc3ccccc3oc2=O)cc1NC(=S)NC(=O)c1cccc([N+](=O)[O-])c1. The maximum absolute atomic E-state index is 12.5. The van der Waals surface area contributed by atoms with Gasteiger partial charge in [0.05, 0.1) is 10.5 Å². The molecule has 2 N–H and O–H groups in total. The predicted octanol–water partition coefficient (Wildman–Crippen LogP) is 4.80. The molecule has 0 saturated carbocycles. The molecule has 1 aromatic heterocycles. The van der Waals surface area contributed by atoms with E-state index in [0.717, 1.165) is 10.9 Å². The summed E-state index contributed by atoms with van der Waals surface area (Å²) < 4.78 is 5.42. The van der Waals surface area contributed by atoms with Crippen LogP contribution in [0, 0.1) is 17.0 Å². The van der Waals surface area contributed by atoms with Crippen LogP contribution in [0.25, 0.3) is 22.1 Å². The normalized spacial score (nSPS) is 10.6. The van der Waals surface area contributed by atoms with Gasteiger partial charge in [0.2, 0.25) is 0 Å². The monoisotopic (exact) mass is 459 g/mol. The maximum atomic E-state index is 12.5. The van der Waals surface area contributed by atoms with Gasteiger partial charge in [-0.3, -0.25) is 20.2 Å². The second-order valence-corrected chi connectivity index (χ2v) is 7.64. The number of fused-ring (bicyclic) bond motifs is 1. The first kappa shape index (κ1) is 21.8. The molecule has 1 amide bonds. The van der Waals surface area contributed by atoms with Crippen LogP contribution in [0.5, 0.6) is 0 Å². The lowest BCUT2D eigenvalue weighted by Crippen LogP contribution is -2.34. The van der Waals surface area contributed by atoms with Crippen LogP contribution in [0.15, 0.2) is 82.0 Å². The molecule has 0 fully saturated rings. The second kappa shape index (κ2) is 9.01. The Morgan fingerprint density at radius 3 is 2.61 bits per heavy atom. The van der Waals surface area contributed by atoms with Gasteiger partial charge in [-0.1, -0.05) is 36.4 Å². The Balaban J connectivity index is 1.56. The van der Waals surface area contributed by atoms with Crippen LogP contribution in [0.1, 0.15) is 15.9 Å². The standard InChI is InChI=1S/C24H17N3O5S/c1-14-9-10-15(19-12-16-5-2-3-8-21(16)32-23(19)29)13-20(14)25-24(33)26-22(28)17-6-4-7-18(11-17)27(30)31/h2-13H,1H3,(H2,25,26,28,33). The first-order valence-electron chi connectivity index (χ1n) is 9.82. The number of aryl methyl sites for hydroxylation is 1. The fraction of sp³-hybridized carbons (Fsp3) is 0.0417. The van der Waals surface area contributed by atoms with Crippen molar-refractivity contribution < 1.29 is 14.1 Å². The third kappa shape index (κ3) is 4.78. The van der Waals surface area contributed by atoms with Crippen molar-refractivity contribution in [3.63, 3.8) is 0 Å². The number of nitro groups is 1. The molecule has 0 radical (unpaired) electrons. The van der Waals surface area contributed by atoms with E-state index in [2.05, 4.69) is 10.6 Å². The van der Waals surface area contributed by atoms with Crippen LogP contribution in [0.2, 0.25) is 0 Å². The third-order valence-electron chi connectivity index (χ3n) is 4.98. The molecular formula is C24H17N3O5S. The minimum absolute atomic E-state index is 0.0114. The van der Waals surface area contributed by atoms with Gasteiger partial charge in [-0.2, -0.15) is 0 Å². The highest BCUT2D eigenvalue weighted by molar-refractivity contribution is 7.80. The number of nitrogens with zero attached hydrogens (tertiary/aromatic N) is 1. The van der Waals surface area contributed by atoms with E-state index in [1.54, 1.807) is 30.3 Å². The summed E-state index contributed by atoms with van der Waals surface area (Å²) in [6, 6.07) is 19.7. The van der Waals surface area contributed by atoms with Crippen molar-refractivity contribution in [1.29, 1.82) is 0 Å². The summed E-state index contributed by atoms with van der Waals surface area (Å²) >= 11 is 5.25. The Bertz CT molecular complexity index is 1480. The van der Waals surface area contributed by atoms with Gasteiger partial charge in [-0.05, 0) is 54.5 Å². The van der Waals surface area contributed by atoms with Crippen LogP contribution < -0.4 is 16.3 Å². The number of hydrogen-bond acceptors (Lipinski definition) is 6. The van der Waals surface area contributed by atoms with Gasteiger partial charge >= 0.3 is 5.63 Å². The molecule has 0 aliphatic rings. The van der Waals surface area contributed by atoms with Gasteiger partial charge in [0.25, 0.3) is 11.6 Å². The number of carbonyl (C=O) groups is 1. The molecule has 33 heavy (non-hydrogen) atoms. The molecule has 164 valence electrons. The number of hydrogen-bond donors (Lipinski definition) is 2. The van der Waals surface area contributed by atoms with Crippen molar-refractivity contribution in [3.8, 4) is 11.1 Å². The number of anilines is 1. The van der Waals surface area contributed by atoms with Crippen LogP contribution in [-0.2, 0) is 0 Å². The van der Waals surface area contributed by atoms with Gasteiger partial charge in [-0.15, -0.1) is 0 Å². The van der Waals surface area contributed by atoms with Crippen LogP contribution in [0.3, 0.4) is 0 Å². The lowest BCUT2D eigenvalue weighted by Gasteiger charge is -2.13. The summed E-state index contributed by atoms with van der Waals surface area (Å²) in [6.45, 7) is 1.85. The quantitative estimate of drug-likeness (QED) is 0.195. The number of thiocarbonyl (C=S) groups is 1. The second-order valence-electron chi connectivity index (χ2n) is 7.23. The number of benzene rings is 3. The Kier molecular flexibility index (Phi) is 5.97. The lowest BCUT2D eigenvalue weighted by molar-refractivity contribution is -0.384. The number of nitrogens with one attached hydrogen (secondary N) is 2. The lowest BCUT2D eigenvalue weighted by atomic mass is 10.0. The zero-order valence-corrected chi connectivity index (χ0v) is 18.1. The van der Waals surface area contributed by atoms with Crippen molar-refractivity contribution >= 4 is 45.6 Å². The van der Waals surface area contributed by atoms with Crippen LogP contribution >= 0.6 is 12.2 Å².